The van der Waals surface area contributed by atoms with Gasteiger partial charge in [-0.15, -0.1) is 0 Å². The number of para-hydroxylation sites is 2. The van der Waals surface area contributed by atoms with Crippen LogP contribution in [0.4, 0.5) is 5.69 Å². The molecule has 0 spiro atoms. The third-order valence-corrected chi connectivity index (χ3v) is 5.18. The Morgan fingerprint density at radius 2 is 1.97 bits per heavy atom. The SMILES string of the molecule is COc1ccc(CCc2cc(C(=O)NC3COc4ccccc4N(C)C3=O)on2)cc1. The molecule has 3 aromatic rings. The van der Waals surface area contributed by atoms with Gasteiger partial charge in [0.25, 0.3) is 11.8 Å². The molecule has 1 atom stereocenters. The fourth-order valence-electron chi connectivity index (χ4n) is 3.39. The number of carbonyl (C=O) groups excluding carboxylic acids is 2. The van der Waals surface area contributed by atoms with Crippen LogP contribution in [-0.2, 0) is 17.6 Å². The summed E-state index contributed by atoms with van der Waals surface area (Å²) in [5.74, 6) is 0.675. The highest BCUT2D eigenvalue weighted by molar-refractivity contribution is 6.02. The zero-order chi connectivity index (χ0) is 21.8. The summed E-state index contributed by atoms with van der Waals surface area (Å²) in [5.41, 5.74) is 2.44. The summed E-state index contributed by atoms with van der Waals surface area (Å²) in [6, 6.07) is 15.8. The lowest BCUT2D eigenvalue weighted by Gasteiger charge is -2.19. The topological polar surface area (TPSA) is 93.9 Å². The second-order valence-electron chi connectivity index (χ2n) is 7.23. The summed E-state index contributed by atoms with van der Waals surface area (Å²) in [6.45, 7) is 0.0321. The van der Waals surface area contributed by atoms with Gasteiger partial charge in [0, 0.05) is 13.1 Å². The fourth-order valence-corrected chi connectivity index (χ4v) is 3.39. The number of nitrogens with one attached hydrogen (secondary N) is 1. The molecule has 2 aromatic carbocycles. The summed E-state index contributed by atoms with van der Waals surface area (Å²) in [5, 5.41) is 6.66. The van der Waals surface area contributed by atoms with Crippen molar-refractivity contribution < 1.29 is 23.6 Å². The van der Waals surface area contributed by atoms with E-state index >= 15 is 0 Å². The first kappa shape index (κ1) is 20.5. The van der Waals surface area contributed by atoms with E-state index < -0.39 is 11.9 Å². The maximum Gasteiger partial charge on any atom is 0.290 e. The minimum Gasteiger partial charge on any atom is -0.497 e. The van der Waals surface area contributed by atoms with Crippen LogP contribution in [0.2, 0.25) is 0 Å². The number of amides is 2. The van der Waals surface area contributed by atoms with E-state index in [2.05, 4.69) is 10.5 Å². The predicted octanol–water partition coefficient (Wildman–Crippen LogP) is 2.62. The summed E-state index contributed by atoms with van der Waals surface area (Å²) in [7, 11) is 3.28. The highest BCUT2D eigenvalue weighted by Gasteiger charge is 2.31. The maximum atomic E-state index is 12.8. The number of anilines is 1. The van der Waals surface area contributed by atoms with Gasteiger partial charge in [-0.2, -0.15) is 0 Å². The number of aryl methyl sites for hydroxylation is 2. The molecule has 0 fully saturated rings. The van der Waals surface area contributed by atoms with Crippen LogP contribution in [0.5, 0.6) is 11.5 Å². The second-order valence-corrected chi connectivity index (χ2v) is 7.23. The molecule has 1 aromatic heterocycles. The van der Waals surface area contributed by atoms with E-state index in [0.717, 1.165) is 17.7 Å². The van der Waals surface area contributed by atoms with Crippen LogP contribution in [0.3, 0.4) is 0 Å². The van der Waals surface area contributed by atoms with Crippen molar-refractivity contribution in [2.75, 3.05) is 25.7 Å². The van der Waals surface area contributed by atoms with Gasteiger partial charge in [-0.05, 0) is 42.7 Å². The standard InChI is InChI=1S/C23H23N3O5/c1-26-19-5-3-4-6-20(19)30-14-18(23(26)28)24-22(27)21-13-16(25-31-21)10-7-15-8-11-17(29-2)12-9-15/h3-6,8-9,11-13,18H,7,10,14H2,1-2H3,(H,24,27). The number of hydrogen-bond acceptors (Lipinski definition) is 6. The van der Waals surface area contributed by atoms with Crippen LogP contribution in [0.25, 0.3) is 0 Å². The number of aromatic nitrogens is 1. The van der Waals surface area contributed by atoms with Gasteiger partial charge >= 0.3 is 0 Å². The van der Waals surface area contributed by atoms with E-state index in [4.69, 9.17) is 14.0 Å². The molecule has 1 aliphatic rings. The van der Waals surface area contributed by atoms with Crippen LogP contribution in [-0.4, -0.2) is 43.8 Å². The summed E-state index contributed by atoms with van der Waals surface area (Å²) >= 11 is 0. The van der Waals surface area contributed by atoms with Crippen molar-refractivity contribution in [2.24, 2.45) is 0 Å². The molecule has 1 aliphatic heterocycles. The van der Waals surface area contributed by atoms with E-state index in [9.17, 15) is 9.59 Å². The van der Waals surface area contributed by atoms with Crippen LogP contribution in [0.1, 0.15) is 21.8 Å². The Kier molecular flexibility index (Phi) is 5.88. The van der Waals surface area contributed by atoms with Crippen molar-refractivity contribution >= 4 is 17.5 Å². The molecular formula is C23H23N3O5. The average Bonchev–Trinajstić information content (AvgIpc) is 3.25. The molecule has 8 heteroatoms. The summed E-state index contributed by atoms with van der Waals surface area (Å²) in [6.07, 6.45) is 1.36. The molecule has 2 heterocycles. The predicted molar refractivity (Wildman–Crippen MR) is 114 cm³/mol. The third-order valence-electron chi connectivity index (χ3n) is 5.18. The van der Waals surface area contributed by atoms with E-state index in [1.165, 1.54) is 4.90 Å². The number of benzene rings is 2. The van der Waals surface area contributed by atoms with Crippen molar-refractivity contribution in [3.05, 3.63) is 71.6 Å². The van der Waals surface area contributed by atoms with Gasteiger partial charge in [0.15, 0.2) is 0 Å². The quantitative estimate of drug-likeness (QED) is 0.658. The van der Waals surface area contributed by atoms with Crippen LogP contribution in [0, 0.1) is 0 Å². The number of likely N-dealkylation sites (N-methyl/N-ethyl adjacent to an activating group) is 1. The monoisotopic (exact) mass is 421 g/mol. The lowest BCUT2D eigenvalue weighted by atomic mass is 10.1. The smallest absolute Gasteiger partial charge is 0.290 e. The highest BCUT2D eigenvalue weighted by atomic mass is 16.5. The van der Waals surface area contributed by atoms with Crippen molar-refractivity contribution in [1.29, 1.82) is 0 Å². The van der Waals surface area contributed by atoms with Crippen LogP contribution >= 0.6 is 0 Å². The Hall–Kier alpha value is -3.81. The highest BCUT2D eigenvalue weighted by Crippen LogP contribution is 2.29. The Balaban J connectivity index is 1.37. The number of carbonyl (C=O) groups is 2. The van der Waals surface area contributed by atoms with Crippen molar-refractivity contribution in [1.82, 2.24) is 10.5 Å². The normalized spacial score (nSPS) is 15.6. The van der Waals surface area contributed by atoms with Gasteiger partial charge in [-0.25, -0.2) is 0 Å². The number of ether oxygens (including phenoxy) is 2. The van der Waals surface area contributed by atoms with Gasteiger partial charge in [-0.3, -0.25) is 9.59 Å². The molecule has 0 aliphatic carbocycles. The molecule has 1 unspecified atom stereocenters. The molecule has 0 saturated heterocycles. The van der Waals surface area contributed by atoms with Gasteiger partial charge in [-0.1, -0.05) is 29.4 Å². The molecule has 0 saturated carbocycles. The number of nitrogens with zero attached hydrogens (tertiary/aromatic N) is 2. The van der Waals surface area contributed by atoms with E-state index in [0.29, 0.717) is 23.6 Å². The second kappa shape index (κ2) is 8.91. The number of rotatable bonds is 6. The lowest BCUT2D eigenvalue weighted by molar-refractivity contribution is -0.120. The van der Waals surface area contributed by atoms with Gasteiger partial charge in [0.05, 0.1) is 18.5 Å². The van der Waals surface area contributed by atoms with E-state index in [-0.39, 0.29) is 18.3 Å². The molecule has 0 bridgehead atoms. The number of hydrogen-bond donors (Lipinski definition) is 1. The van der Waals surface area contributed by atoms with E-state index in [1.54, 1.807) is 32.4 Å². The van der Waals surface area contributed by atoms with Gasteiger partial charge in [0.1, 0.15) is 24.1 Å². The Morgan fingerprint density at radius 1 is 1.19 bits per heavy atom. The molecule has 1 N–H and O–H groups in total. The minimum absolute atomic E-state index is 0.0321. The van der Waals surface area contributed by atoms with Crippen LogP contribution < -0.4 is 19.7 Å². The fraction of sp³-hybridized carbons (Fsp3) is 0.261. The van der Waals surface area contributed by atoms with Gasteiger partial charge in [0.2, 0.25) is 5.76 Å². The van der Waals surface area contributed by atoms with Crippen molar-refractivity contribution in [2.45, 2.75) is 18.9 Å². The first-order chi connectivity index (χ1) is 15.0. The van der Waals surface area contributed by atoms with Crippen LogP contribution in [0.15, 0.2) is 59.1 Å². The lowest BCUT2D eigenvalue weighted by Crippen LogP contribution is -2.49. The Bertz CT molecular complexity index is 1080. The number of fused-ring (bicyclic) bond motifs is 1. The summed E-state index contributed by atoms with van der Waals surface area (Å²) in [4.78, 5) is 26.9. The Labute approximate surface area is 179 Å². The first-order valence-electron chi connectivity index (χ1n) is 9.94. The molecule has 31 heavy (non-hydrogen) atoms. The first-order valence-corrected chi connectivity index (χ1v) is 9.94. The van der Waals surface area contributed by atoms with Crippen molar-refractivity contribution in [3.63, 3.8) is 0 Å². The zero-order valence-corrected chi connectivity index (χ0v) is 17.3. The third kappa shape index (κ3) is 4.53. The summed E-state index contributed by atoms with van der Waals surface area (Å²) < 4.78 is 16.1. The molecule has 0 radical (unpaired) electrons. The minimum atomic E-state index is -0.835. The molecule has 8 nitrogen and oxygen atoms in total. The van der Waals surface area contributed by atoms with Gasteiger partial charge < -0.3 is 24.2 Å². The molecule has 2 amide bonds. The Morgan fingerprint density at radius 3 is 2.74 bits per heavy atom. The average molecular weight is 421 g/mol. The largest absolute Gasteiger partial charge is 0.497 e. The molecule has 160 valence electrons. The van der Waals surface area contributed by atoms with E-state index in [1.807, 2.05) is 36.4 Å². The maximum absolute atomic E-state index is 12.8. The zero-order valence-electron chi connectivity index (χ0n) is 17.3. The molecular weight excluding hydrogens is 398 g/mol. The number of methoxy groups -OCH3 is 1. The molecule has 4 rings (SSSR count). The van der Waals surface area contributed by atoms with Crippen molar-refractivity contribution in [3.8, 4) is 11.5 Å².